The molecule has 0 bridgehead atoms. The Morgan fingerprint density at radius 2 is 1.75 bits per heavy atom. The van der Waals surface area contributed by atoms with Crippen LogP contribution < -0.4 is 14.8 Å². The highest BCUT2D eigenvalue weighted by molar-refractivity contribution is 5.72. The van der Waals surface area contributed by atoms with Gasteiger partial charge >= 0.3 is 5.97 Å². The maximum Gasteiger partial charge on any atom is 0.309 e. The maximum atomic E-state index is 11.7. The van der Waals surface area contributed by atoms with Crippen molar-refractivity contribution in [2.24, 2.45) is 5.92 Å². The van der Waals surface area contributed by atoms with E-state index < -0.39 is 0 Å². The van der Waals surface area contributed by atoms with Crippen LogP contribution in [0.2, 0.25) is 0 Å². The summed E-state index contributed by atoms with van der Waals surface area (Å²) in [6, 6.07) is 5.83. The van der Waals surface area contributed by atoms with Crippen LogP contribution in [0.5, 0.6) is 11.5 Å². The van der Waals surface area contributed by atoms with Crippen molar-refractivity contribution in [3.63, 3.8) is 0 Å². The Kier molecular flexibility index (Phi) is 4.84. The van der Waals surface area contributed by atoms with Gasteiger partial charge in [0.05, 0.1) is 27.2 Å². The fourth-order valence-corrected chi connectivity index (χ4v) is 2.61. The summed E-state index contributed by atoms with van der Waals surface area (Å²) >= 11 is 0. The van der Waals surface area contributed by atoms with Gasteiger partial charge < -0.3 is 19.5 Å². The zero-order valence-corrected chi connectivity index (χ0v) is 12.1. The third kappa shape index (κ3) is 3.22. The summed E-state index contributed by atoms with van der Waals surface area (Å²) in [5.41, 5.74) is 1.11. The molecule has 1 fully saturated rings. The minimum Gasteiger partial charge on any atom is -0.497 e. The third-order valence-corrected chi connectivity index (χ3v) is 3.73. The first kappa shape index (κ1) is 14.7. The van der Waals surface area contributed by atoms with Crippen molar-refractivity contribution < 1.29 is 19.0 Å². The predicted octanol–water partition coefficient (Wildman–Crippen LogP) is 1.57. The van der Waals surface area contributed by atoms with Crippen molar-refractivity contribution in [1.82, 2.24) is 5.32 Å². The van der Waals surface area contributed by atoms with E-state index in [2.05, 4.69) is 5.32 Å². The largest absolute Gasteiger partial charge is 0.497 e. The number of esters is 1. The van der Waals surface area contributed by atoms with Gasteiger partial charge in [-0.2, -0.15) is 0 Å². The van der Waals surface area contributed by atoms with Gasteiger partial charge in [0.1, 0.15) is 11.5 Å². The molecule has 0 amide bonds. The molecule has 20 heavy (non-hydrogen) atoms. The molecule has 5 nitrogen and oxygen atoms in total. The molecule has 5 heteroatoms. The lowest BCUT2D eigenvalue weighted by molar-refractivity contribution is -0.146. The number of hydrogen-bond donors (Lipinski definition) is 1. The second kappa shape index (κ2) is 6.61. The number of carbonyl (C=O) groups excluding carboxylic acids is 1. The van der Waals surface area contributed by atoms with E-state index in [4.69, 9.17) is 14.2 Å². The number of benzene rings is 1. The van der Waals surface area contributed by atoms with Crippen LogP contribution in [0.25, 0.3) is 0 Å². The summed E-state index contributed by atoms with van der Waals surface area (Å²) in [7, 11) is 4.70. The van der Waals surface area contributed by atoms with Crippen molar-refractivity contribution in [3.05, 3.63) is 23.8 Å². The Bertz CT molecular complexity index is 453. The van der Waals surface area contributed by atoms with Crippen molar-refractivity contribution in [1.29, 1.82) is 0 Å². The summed E-state index contributed by atoms with van der Waals surface area (Å²) in [5, 5.41) is 3.29. The molecule has 0 aliphatic carbocycles. The second-order valence-electron chi connectivity index (χ2n) is 4.96. The van der Waals surface area contributed by atoms with E-state index in [-0.39, 0.29) is 17.8 Å². The molecule has 1 saturated heterocycles. The standard InChI is InChI=1S/C15H21NO4/c1-18-13-5-10(6-14(7-13)19-2)11-4-12(9-16-8-11)15(17)20-3/h5-7,11-12,16H,4,8-9H2,1-3H3/t11-,12+/m0/s1. The van der Waals surface area contributed by atoms with Gasteiger partial charge in [-0.1, -0.05) is 0 Å². The van der Waals surface area contributed by atoms with Crippen molar-refractivity contribution in [2.75, 3.05) is 34.4 Å². The Hall–Kier alpha value is -1.75. The fraction of sp³-hybridized carbons (Fsp3) is 0.533. The molecule has 0 unspecified atom stereocenters. The Morgan fingerprint density at radius 1 is 1.10 bits per heavy atom. The molecule has 1 aromatic rings. The normalized spacial score (nSPS) is 22.1. The first-order valence-electron chi connectivity index (χ1n) is 6.69. The van der Waals surface area contributed by atoms with E-state index in [1.165, 1.54) is 7.11 Å². The summed E-state index contributed by atoms with van der Waals surface area (Å²) < 4.78 is 15.4. The zero-order chi connectivity index (χ0) is 14.5. The number of ether oxygens (including phenoxy) is 3. The Labute approximate surface area is 119 Å². The lowest BCUT2D eigenvalue weighted by atomic mass is 9.85. The molecule has 1 N–H and O–H groups in total. The van der Waals surface area contributed by atoms with E-state index in [9.17, 15) is 4.79 Å². The van der Waals surface area contributed by atoms with Gasteiger partial charge in [-0.25, -0.2) is 0 Å². The molecule has 1 heterocycles. The van der Waals surface area contributed by atoms with Gasteiger partial charge in [0.2, 0.25) is 0 Å². The molecule has 2 rings (SSSR count). The number of methoxy groups -OCH3 is 3. The van der Waals surface area contributed by atoms with Crippen LogP contribution in [-0.2, 0) is 9.53 Å². The summed E-state index contributed by atoms with van der Waals surface area (Å²) in [6.45, 7) is 1.51. The predicted molar refractivity (Wildman–Crippen MR) is 75.3 cm³/mol. The van der Waals surface area contributed by atoms with Gasteiger partial charge in [-0.15, -0.1) is 0 Å². The number of piperidine rings is 1. The van der Waals surface area contributed by atoms with E-state index in [1.54, 1.807) is 14.2 Å². The van der Waals surface area contributed by atoms with Crippen LogP contribution in [0, 0.1) is 5.92 Å². The summed E-state index contributed by atoms with van der Waals surface area (Å²) in [5.74, 6) is 1.52. The van der Waals surface area contributed by atoms with Crippen LogP contribution in [0.4, 0.5) is 0 Å². The van der Waals surface area contributed by atoms with E-state index in [0.717, 1.165) is 30.0 Å². The molecule has 2 atom stereocenters. The van der Waals surface area contributed by atoms with Crippen LogP contribution in [-0.4, -0.2) is 40.4 Å². The fourth-order valence-electron chi connectivity index (χ4n) is 2.61. The van der Waals surface area contributed by atoms with Crippen LogP contribution in [0.1, 0.15) is 17.9 Å². The highest BCUT2D eigenvalue weighted by Gasteiger charge is 2.29. The monoisotopic (exact) mass is 279 g/mol. The van der Waals surface area contributed by atoms with Crippen molar-refractivity contribution >= 4 is 5.97 Å². The van der Waals surface area contributed by atoms with Gasteiger partial charge in [-0.05, 0) is 30.0 Å². The molecule has 0 aromatic heterocycles. The number of hydrogen-bond acceptors (Lipinski definition) is 5. The SMILES string of the molecule is COC(=O)[C@H]1CNC[C@@H](c2cc(OC)cc(OC)c2)C1. The molecule has 1 aliphatic rings. The van der Waals surface area contributed by atoms with Gasteiger partial charge in [-0.3, -0.25) is 4.79 Å². The van der Waals surface area contributed by atoms with Gasteiger partial charge in [0, 0.05) is 19.2 Å². The van der Waals surface area contributed by atoms with E-state index in [1.807, 2.05) is 18.2 Å². The first-order chi connectivity index (χ1) is 9.67. The van der Waals surface area contributed by atoms with Crippen molar-refractivity contribution in [2.45, 2.75) is 12.3 Å². The van der Waals surface area contributed by atoms with Crippen LogP contribution in [0.3, 0.4) is 0 Å². The molecule has 0 spiro atoms. The lowest BCUT2D eigenvalue weighted by Gasteiger charge is -2.29. The molecular weight excluding hydrogens is 258 g/mol. The second-order valence-corrected chi connectivity index (χ2v) is 4.96. The summed E-state index contributed by atoms with van der Waals surface area (Å²) in [6.07, 6.45) is 0.774. The van der Waals surface area contributed by atoms with Crippen LogP contribution in [0.15, 0.2) is 18.2 Å². The van der Waals surface area contributed by atoms with Crippen molar-refractivity contribution in [3.8, 4) is 11.5 Å². The van der Waals surface area contributed by atoms with Gasteiger partial charge in [0.15, 0.2) is 0 Å². The quantitative estimate of drug-likeness (QED) is 0.848. The summed E-state index contributed by atoms with van der Waals surface area (Å²) in [4.78, 5) is 11.7. The average Bonchev–Trinajstić information content (AvgIpc) is 2.53. The van der Waals surface area contributed by atoms with Gasteiger partial charge in [0.25, 0.3) is 0 Å². The highest BCUT2D eigenvalue weighted by atomic mass is 16.5. The molecular formula is C15H21NO4. The topological polar surface area (TPSA) is 56.8 Å². The molecule has 0 saturated carbocycles. The molecule has 110 valence electrons. The minimum absolute atomic E-state index is 0.101. The van der Waals surface area contributed by atoms with E-state index >= 15 is 0 Å². The number of nitrogens with one attached hydrogen (secondary N) is 1. The Balaban J connectivity index is 2.19. The molecule has 1 aliphatic heterocycles. The van der Waals surface area contributed by atoms with E-state index in [0.29, 0.717) is 6.54 Å². The molecule has 1 aromatic carbocycles. The van der Waals surface area contributed by atoms with Crippen LogP contribution >= 0.6 is 0 Å². The lowest BCUT2D eigenvalue weighted by Crippen LogP contribution is -2.39. The Morgan fingerprint density at radius 3 is 2.30 bits per heavy atom. The third-order valence-electron chi connectivity index (χ3n) is 3.73. The number of carbonyl (C=O) groups is 1. The average molecular weight is 279 g/mol. The molecule has 0 radical (unpaired) electrons. The minimum atomic E-state index is -0.155. The first-order valence-corrected chi connectivity index (χ1v) is 6.69. The maximum absolute atomic E-state index is 11.7. The number of rotatable bonds is 4. The smallest absolute Gasteiger partial charge is 0.309 e. The highest BCUT2D eigenvalue weighted by Crippen LogP contribution is 2.32. The zero-order valence-electron chi connectivity index (χ0n) is 12.1.